The second kappa shape index (κ2) is 7.08. The van der Waals surface area contributed by atoms with E-state index in [1.54, 1.807) is 12.5 Å². The lowest BCUT2D eigenvalue weighted by Crippen LogP contribution is -2.14. The Morgan fingerprint density at radius 3 is 2.85 bits per heavy atom. The number of thioether (sulfide) groups is 1. The Bertz CT molecular complexity index is 1110. The van der Waals surface area contributed by atoms with Crippen LogP contribution in [-0.2, 0) is 6.54 Å². The van der Waals surface area contributed by atoms with Gasteiger partial charge in [0.25, 0.3) is 0 Å². The number of hydrogen-bond donors (Lipinski definition) is 1. The number of hydrogen-bond acceptors (Lipinski definition) is 5. The zero-order valence-corrected chi connectivity index (χ0v) is 16.2. The first kappa shape index (κ1) is 17.6. The zero-order chi connectivity index (χ0) is 19.0. The number of nitrogens with zero attached hydrogens (tertiary/aromatic N) is 3. The Morgan fingerprint density at radius 2 is 2.11 bits per heavy atom. The average Bonchev–Trinajstić information content (AvgIpc) is 3.38. The minimum atomic E-state index is -0.281. The van der Waals surface area contributed by atoms with E-state index < -0.39 is 0 Å². The predicted octanol–water partition coefficient (Wildman–Crippen LogP) is 4.71. The number of furan rings is 1. The topological polar surface area (TPSA) is 76.7 Å². The number of para-hydroxylation sites is 1. The summed E-state index contributed by atoms with van der Waals surface area (Å²) in [4.78, 5) is 16.2. The first-order chi connectivity index (χ1) is 13.1. The van der Waals surface area contributed by atoms with Gasteiger partial charge in [0.2, 0.25) is 0 Å². The highest BCUT2D eigenvalue weighted by Gasteiger charge is 2.24. The predicted molar refractivity (Wildman–Crippen MR) is 106 cm³/mol. The van der Waals surface area contributed by atoms with Gasteiger partial charge in [0.15, 0.2) is 16.8 Å². The highest BCUT2D eigenvalue weighted by atomic mass is 32.2. The fourth-order valence-electron chi connectivity index (χ4n) is 3.18. The Kier molecular flexibility index (Phi) is 4.61. The van der Waals surface area contributed by atoms with E-state index in [1.165, 1.54) is 11.8 Å². The maximum absolute atomic E-state index is 13.0. The third kappa shape index (κ3) is 3.08. The highest BCUT2D eigenvalue weighted by Crippen LogP contribution is 2.31. The standard InChI is InChI=1S/C20H20N4O2S/c1-4-24-19(14-9-10-26-12(14)2)22-23-20(24)27-13(3)18(25)16-11-21-17-8-6-5-7-15(16)17/h5-11,13,21H,4H2,1-3H3/t13-/m1/s1. The van der Waals surface area contributed by atoms with Gasteiger partial charge >= 0.3 is 0 Å². The zero-order valence-electron chi connectivity index (χ0n) is 15.4. The number of nitrogens with one attached hydrogen (secondary N) is 1. The van der Waals surface area contributed by atoms with E-state index in [9.17, 15) is 4.79 Å². The van der Waals surface area contributed by atoms with Gasteiger partial charge in [-0.25, -0.2) is 0 Å². The monoisotopic (exact) mass is 380 g/mol. The molecule has 1 atom stereocenters. The number of fused-ring (bicyclic) bond motifs is 1. The van der Waals surface area contributed by atoms with Crippen molar-refractivity contribution >= 4 is 28.4 Å². The lowest BCUT2D eigenvalue weighted by Gasteiger charge is -2.11. The summed E-state index contributed by atoms with van der Waals surface area (Å²) in [5.41, 5.74) is 2.60. The summed E-state index contributed by atoms with van der Waals surface area (Å²) in [7, 11) is 0. The Morgan fingerprint density at radius 1 is 1.30 bits per heavy atom. The normalized spacial score (nSPS) is 12.6. The van der Waals surface area contributed by atoms with Crippen molar-refractivity contribution in [2.24, 2.45) is 0 Å². The van der Waals surface area contributed by atoms with Crippen molar-refractivity contribution in [3.8, 4) is 11.4 Å². The number of carbonyl (C=O) groups is 1. The first-order valence-electron chi connectivity index (χ1n) is 8.84. The van der Waals surface area contributed by atoms with Crippen LogP contribution in [0, 0.1) is 6.92 Å². The van der Waals surface area contributed by atoms with E-state index >= 15 is 0 Å². The van der Waals surface area contributed by atoms with Crippen molar-refractivity contribution in [2.75, 3.05) is 0 Å². The molecule has 0 unspecified atom stereocenters. The summed E-state index contributed by atoms with van der Waals surface area (Å²) in [6.45, 7) is 6.56. The van der Waals surface area contributed by atoms with E-state index in [0.29, 0.717) is 12.1 Å². The molecule has 3 aromatic heterocycles. The van der Waals surface area contributed by atoms with Gasteiger partial charge in [-0.15, -0.1) is 10.2 Å². The maximum Gasteiger partial charge on any atom is 0.192 e. The molecular formula is C20H20N4O2S. The molecule has 27 heavy (non-hydrogen) atoms. The molecule has 4 rings (SSSR count). The molecule has 0 saturated carbocycles. The summed E-state index contributed by atoms with van der Waals surface area (Å²) in [5, 5.41) is 10.1. The molecule has 0 amide bonds. The lowest BCUT2D eigenvalue weighted by atomic mass is 10.1. The smallest absolute Gasteiger partial charge is 0.192 e. The largest absolute Gasteiger partial charge is 0.469 e. The van der Waals surface area contributed by atoms with Crippen molar-refractivity contribution in [1.29, 1.82) is 0 Å². The molecule has 138 valence electrons. The molecule has 0 aliphatic heterocycles. The molecule has 0 aliphatic rings. The van der Waals surface area contributed by atoms with Crippen molar-refractivity contribution < 1.29 is 9.21 Å². The first-order valence-corrected chi connectivity index (χ1v) is 9.72. The third-order valence-corrected chi connectivity index (χ3v) is 5.72. The molecule has 4 aromatic rings. The van der Waals surface area contributed by atoms with Crippen LogP contribution in [0.3, 0.4) is 0 Å². The Balaban J connectivity index is 1.61. The van der Waals surface area contributed by atoms with E-state index in [2.05, 4.69) is 15.2 Å². The molecule has 0 aliphatic carbocycles. The van der Waals surface area contributed by atoms with Crippen LogP contribution in [0.25, 0.3) is 22.3 Å². The summed E-state index contributed by atoms with van der Waals surface area (Å²) < 4.78 is 7.41. The Labute approximate surface area is 161 Å². The number of benzene rings is 1. The number of H-pyrrole nitrogens is 1. The summed E-state index contributed by atoms with van der Waals surface area (Å²) in [6, 6.07) is 9.72. The number of rotatable bonds is 6. The van der Waals surface area contributed by atoms with Crippen molar-refractivity contribution in [1.82, 2.24) is 19.7 Å². The second-order valence-corrected chi connectivity index (χ2v) is 7.62. The third-order valence-electron chi connectivity index (χ3n) is 4.64. The minimum Gasteiger partial charge on any atom is -0.469 e. The van der Waals surface area contributed by atoms with Crippen LogP contribution in [0.4, 0.5) is 0 Å². The molecule has 0 spiro atoms. The van der Waals surface area contributed by atoms with Crippen molar-refractivity contribution in [3.05, 3.63) is 54.1 Å². The minimum absolute atomic E-state index is 0.0733. The van der Waals surface area contributed by atoms with Crippen molar-refractivity contribution in [3.63, 3.8) is 0 Å². The van der Waals surface area contributed by atoms with Crippen LogP contribution in [0.5, 0.6) is 0 Å². The number of carbonyl (C=O) groups excluding carboxylic acids is 1. The molecule has 3 heterocycles. The molecular weight excluding hydrogens is 360 g/mol. The van der Waals surface area contributed by atoms with Gasteiger partial charge in [-0.1, -0.05) is 30.0 Å². The fourth-order valence-corrected chi connectivity index (χ4v) is 4.16. The maximum atomic E-state index is 13.0. The summed E-state index contributed by atoms with van der Waals surface area (Å²) >= 11 is 1.43. The molecule has 0 fully saturated rings. The average molecular weight is 380 g/mol. The van der Waals surface area contributed by atoms with Crippen LogP contribution >= 0.6 is 11.8 Å². The molecule has 1 N–H and O–H groups in total. The second-order valence-electron chi connectivity index (χ2n) is 6.31. The summed E-state index contributed by atoms with van der Waals surface area (Å²) in [5.74, 6) is 1.64. The molecule has 0 radical (unpaired) electrons. The number of aromatic amines is 1. The molecule has 0 bridgehead atoms. The van der Waals surface area contributed by atoms with E-state index in [-0.39, 0.29) is 11.0 Å². The van der Waals surface area contributed by atoms with Gasteiger partial charge in [0.05, 0.1) is 17.1 Å². The molecule has 6 nitrogen and oxygen atoms in total. The van der Waals surface area contributed by atoms with Gasteiger partial charge < -0.3 is 14.0 Å². The van der Waals surface area contributed by atoms with Gasteiger partial charge in [0, 0.05) is 29.2 Å². The summed E-state index contributed by atoms with van der Waals surface area (Å²) in [6.07, 6.45) is 3.43. The number of Topliss-reactive ketones (excluding diaryl/α,β-unsaturated/α-hetero) is 1. The van der Waals surface area contributed by atoms with Crippen LogP contribution < -0.4 is 0 Å². The van der Waals surface area contributed by atoms with Gasteiger partial charge in [-0.05, 0) is 32.9 Å². The van der Waals surface area contributed by atoms with E-state index in [4.69, 9.17) is 4.42 Å². The van der Waals surface area contributed by atoms with Crippen LogP contribution in [0.1, 0.15) is 30.0 Å². The van der Waals surface area contributed by atoms with Crippen LogP contribution in [0.15, 0.2) is 52.4 Å². The van der Waals surface area contributed by atoms with Gasteiger partial charge in [-0.3, -0.25) is 4.79 Å². The fraction of sp³-hybridized carbons (Fsp3) is 0.250. The number of ketones is 1. The highest BCUT2D eigenvalue weighted by molar-refractivity contribution is 8.00. The quantitative estimate of drug-likeness (QED) is 0.387. The van der Waals surface area contributed by atoms with Gasteiger partial charge in [0.1, 0.15) is 5.76 Å². The van der Waals surface area contributed by atoms with Crippen LogP contribution in [-0.4, -0.2) is 30.8 Å². The Hall–Kier alpha value is -2.80. The molecule has 1 aromatic carbocycles. The van der Waals surface area contributed by atoms with E-state index in [1.807, 2.05) is 55.7 Å². The SMILES string of the molecule is CCn1c(S[C@H](C)C(=O)c2c[nH]c3ccccc23)nnc1-c1ccoc1C. The van der Waals surface area contributed by atoms with Gasteiger partial charge in [-0.2, -0.15) is 0 Å². The van der Waals surface area contributed by atoms with Crippen molar-refractivity contribution in [2.45, 2.75) is 37.7 Å². The van der Waals surface area contributed by atoms with Crippen LogP contribution in [0.2, 0.25) is 0 Å². The molecule has 7 heteroatoms. The lowest BCUT2D eigenvalue weighted by molar-refractivity contribution is 0.0995. The molecule has 0 saturated heterocycles. The number of aryl methyl sites for hydroxylation is 1. The van der Waals surface area contributed by atoms with E-state index in [0.717, 1.165) is 33.2 Å². The number of aromatic nitrogens is 4.